The molecule has 35 heavy (non-hydrogen) atoms. The summed E-state index contributed by atoms with van der Waals surface area (Å²) in [5, 5.41) is 8.15. The number of H-pyrrole nitrogens is 1. The van der Waals surface area contributed by atoms with Gasteiger partial charge in [-0.15, -0.1) is 11.3 Å². The van der Waals surface area contributed by atoms with E-state index in [4.69, 9.17) is 24.3 Å². The van der Waals surface area contributed by atoms with E-state index in [1.54, 1.807) is 32.7 Å². The van der Waals surface area contributed by atoms with E-state index in [-0.39, 0.29) is 0 Å². The predicted octanol–water partition coefficient (Wildman–Crippen LogP) is 5.84. The Labute approximate surface area is 208 Å². The van der Waals surface area contributed by atoms with Crippen molar-refractivity contribution in [1.82, 2.24) is 9.66 Å². The summed E-state index contributed by atoms with van der Waals surface area (Å²) in [4.78, 5) is 9.32. The molecule has 1 fully saturated rings. The molecule has 4 aromatic rings. The highest BCUT2D eigenvalue weighted by Crippen LogP contribution is 2.41. The first-order valence-corrected chi connectivity index (χ1v) is 12.7. The third-order valence-corrected chi connectivity index (χ3v) is 7.28. The fourth-order valence-corrected chi connectivity index (χ4v) is 5.52. The standard InChI is InChI=1S/C27H30N4O3S/c1-32-24-13-18(14-25(33-2)26(24)34-3)23-17-35-27(30-20-9-5-4-6-10-20)31(23)29-16-19-15-28-22-12-8-7-11-21(19)22/h7-8,11-17,20,28H,4-6,9-10H2,1-3H3. The Morgan fingerprint density at radius 3 is 2.46 bits per heavy atom. The van der Waals surface area contributed by atoms with Crippen LogP contribution in [0.2, 0.25) is 0 Å². The Balaban J connectivity index is 1.64. The van der Waals surface area contributed by atoms with Gasteiger partial charge in [-0.25, -0.2) is 4.68 Å². The topological polar surface area (TPSA) is 73.1 Å². The van der Waals surface area contributed by atoms with Crippen molar-refractivity contribution < 1.29 is 14.2 Å². The Morgan fingerprint density at radius 2 is 1.74 bits per heavy atom. The quantitative estimate of drug-likeness (QED) is 0.331. The highest BCUT2D eigenvalue weighted by molar-refractivity contribution is 7.07. The van der Waals surface area contributed by atoms with Crippen LogP contribution in [0.4, 0.5) is 0 Å². The maximum Gasteiger partial charge on any atom is 0.206 e. The molecule has 0 atom stereocenters. The predicted molar refractivity (Wildman–Crippen MR) is 141 cm³/mol. The Kier molecular flexibility index (Phi) is 6.90. The van der Waals surface area contributed by atoms with E-state index < -0.39 is 0 Å². The average Bonchev–Trinajstić information content (AvgIpc) is 3.50. The second kappa shape index (κ2) is 10.4. The third-order valence-electron chi connectivity index (χ3n) is 6.45. The molecule has 7 nitrogen and oxygen atoms in total. The summed E-state index contributed by atoms with van der Waals surface area (Å²) in [5.41, 5.74) is 3.94. The van der Waals surface area contributed by atoms with Crippen LogP contribution >= 0.6 is 11.3 Å². The minimum atomic E-state index is 0.338. The molecule has 0 unspecified atom stereocenters. The van der Waals surface area contributed by atoms with Gasteiger partial charge in [-0.1, -0.05) is 37.5 Å². The van der Waals surface area contributed by atoms with Gasteiger partial charge in [0.05, 0.1) is 39.3 Å². The zero-order valence-corrected chi connectivity index (χ0v) is 21.1. The van der Waals surface area contributed by atoms with Crippen LogP contribution in [0.5, 0.6) is 17.2 Å². The van der Waals surface area contributed by atoms with Gasteiger partial charge in [0.1, 0.15) is 0 Å². The number of aromatic amines is 1. The zero-order valence-electron chi connectivity index (χ0n) is 20.3. The second-order valence-corrected chi connectivity index (χ2v) is 9.42. The molecule has 182 valence electrons. The van der Waals surface area contributed by atoms with E-state index >= 15 is 0 Å². The number of ether oxygens (including phenoxy) is 3. The Morgan fingerprint density at radius 1 is 1.00 bits per heavy atom. The number of nitrogens with zero attached hydrogens (tertiary/aromatic N) is 3. The normalized spacial score (nSPS) is 15.2. The lowest BCUT2D eigenvalue weighted by Gasteiger charge is -2.17. The molecule has 0 bridgehead atoms. The molecule has 8 heteroatoms. The molecular weight excluding hydrogens is 460 g/mol. The van der Waals surface area contributed by atoms with Gasteiger partial charge >= 0.3 is 0 Å². The first kappa shape index (κ1) is 23.2. The molecule has 2 aromatic heterocycles. The van der Waals surface area contributed by atoms with Gasteiger partial charge < -0.3 is 19.2 Å². The number of nitrogens with one attached hydrogen (secondary N) is 1. The SMILES string of the molecule is COc1cc(-c2csc(=NC3CCCCC3)n2N=Cc2c[nH]c3ccccc23)cc(OC)c1OC. The minimum absolute atomic E-state index is 0.338. The lowest BCUT2D eigenvalue weighted by molar-refractivity contribution is 0.324. The van der Waals surface area contributed by atoms with Crippen molar-refractivity contribution in [2.45, 2.75) is 38.1 Å². The van der Waals surface area contributed by atoms with Crippen molar-refractivity contribution in [1.29, 1.82) is 0 Å². The molecule has 0 saturated heterocycles. The van der Waals surface area contributed by atoms with Crippen LogP contribution in [-0.4, -0.2) is 43.2 Å². The summed E-state index contributed by atoms with van der Waals surface area (Å²) in [7, 11) is 4.86. The molecular formula is C27H30N4O3S. The van der Waals surface area contributed by atoms with Crippen molar-refractivity contribution in [2.24, 2.45) is 10.1 Å². The van der Waals surface area contributed by atoms with E-state index in [1.807, 2.05) is 41.4 Å². The molecule has 2 heterocycles. The van der Waals surface area contributed by atoms with Crippen LogP contribution in [0.25, 0.3) is 22.2 Å². The molecule has 1 aliphatic carbocycles. The third kappa shape index (κ3) is 4.71. The van der Waals surface area contributed by atoms with Crippen LogP contribution in [0.3, 0.4) is 0 Å². The second-order valence-electron chi connectivity index (χ2n) is 8.58. The molecule has 1 N–H and O–H groups in total. The van der Waals surface area contributed by atoms with Gasteiger partial charge in [-0.2, -0.15) is 5.10 Å². The van der Waals surface area contributed by atoms with Crippen LogP contribution in [0.15, 0.2) is 58.1 Å². The summed E-state index contributed by atoms with van der Waals surface area (Å²) in [5.74, 6) is 1.77. The van der Waals surface area contributed by atoms with E-state index in [0.717, 1.165) is 45.4 Å². The van der Waals surface area contributed by atoms with Crippen molar-refractivity contribution in [2.75, 3.05) is 21.3 Å². The number of para-hydroxylation sites is 1. The maximum absolute atomic E-state index is 5.60. The zero-order chi connectivity index (χ0) is 24.2. The minimum Gasteiger partial charge on any atom is -0.493 e. The van der Waals surface area contributed by atoms with Crippen molar-refractivity contribution >= 4 is 28.5 Å². The number of fused-ring (bicyclic) bond motifs is 1. The van der Waals surface area contributed by atoms with Crippen LogP contribution in [-0.2, 0) is 0 Å². The van der Waals surface area contributed by atoms with E-state index in [0.29, 0.717) is 23.3 Å². The summed E-state index contributed by atoms with van der Waals surface area (Å²) in [6.45, 7) is 0. The first-order valence-electron chi connectivity index (χ1n) is 11.9. The first-order chi connectivity index (χ1) is 17.2. The molecule has 5 rings (SSSR count). The molecule has 2 aromatic carbocycles. The van der Waals surface area contributed by atoms with Gasteiger partial charge in [0, 0.05) is 33.6 Å². The van der Waals surface area contributed by atoms with E-state index in [9.17, 15) is 0 Å². The van der Waals surface area contributed by atoms with Gasteiger partial charge in [0.2, 0.25) is 10.6 Å². The maximum atomic E-state index is 5.60. The molecule has 0 spiro atoms. The lowest BCUT2D eigenvalue weighted by Crippen LogP contribution is -2.19. The number of aromatic nitrogens is 2. The molecule has 0 amide bonds. The summed E-state index contributed by atoms with van der Waals surface area (Å²) in [6, 6.07) is 12.5. The van der Waals surface area contributed by atoms with E-state index in [2.05, 4.69) is 22.5 Å². The lowest BCUT2D eigenvalue weighted by atomic mass is 9.96. The smallest absolute Gasteiger partial charge is 0.206 e. The van der Waals surface area contributed by atoms with Crippen molar-refractivity contribution in [3.8, 4) is 28.5 Å². The number of hydrogen-bond donors (Lipinski definition) is 1. The number of hydrogen-bond acceptors (Lipinski definition) is 6. The number of thiazole rings is 1. The Bertz CT molecular complexity index is 1380. The van der Waals surface area contributed by atoms with Crippen LogP contribution in [0.1, 0.15) is 37.7 Å². The number of rotatable bonds is 7. The van der Waals surface area contributed by atoms with Gasteiger partial charge in [0.15, 0.2) is 11.5 Å². The summed E-state index contributed by atoms with van der Waals surface area (Å²) < 4.78 is 18.6. The van der Waals surface area contributed by atoms with E-state index in [1.165, 1.54) is 19.3 Å². The molecule has 0 aliphatic heterocycles. The van der Waals surface area contributed by atoms with Crippen LogP contribution in [0, 0.1) is 0 Å². The fourth-order valence-electron chi connectivity index (χ4n) is 4.61. The Hall–Kier alpha value is -3.52. The largest absolute Gasteiger partial charge is 0.493 e. The number of methoxy groups -OCH3 is 3. The molecule has 1 aliphatic rings. The highest BCUT2D eigenvalue weighted by atomic mass is 32.1. The van der Waals surface area contributed by atoms with Gasteiger partial charge in [0.25, 0.3) is 0 Å². The molecule has 1 saturated carbocycles. The fraction of sp³-hybridized carbons (Fsp3) is 0.333. The van der Waals surface area contributed by atoms with Gasteiger partial charge in [-0.05, 0) is 31.0 Å². The highest BCUT2D eigenvalue weighted by Gasteiger charge is 2.18. The van der Waals surface area contributed by atoms with Crippen LogP contribution < -0.4 is 19.0 Å². The van der Waals surface area contributed by atoms with Gasteiger partial charge in [-0.3, -0.25) is 4.99 Å². The van der Waals surface area contributed by atoms with Crippen molar-refractivity contribution in [3.05, 3.63) is 58.3 Å². The number of benzene rings is 2. The molecule has 0 radical (unpaired) electrons. The summed E-state index contributed by atoms with van der Waals surface area (Å²) >= 11 is 1.60. The van der Waals surface area contributed by atoms with Crippen molar-refractivity contribution in [3.63, 3.8) is 0 Å². The summed E-state index contributed by atoms with van der Waals surface area (Å²) in [6.07, 6.45) is 9.90. The average molecular weight is 491 g/mol. The monoisotopic (exact) mass is 490 g/mol.